The van der Waals surface area contributed by atoms with Crippen molar-refractivity contribution in [3.8, 4) is 0 Å². The summed E-state index contributed by atoms with van der Waals surface area (Å²) in [5.74, 6) is -0.195. The van der Waals surface area contributed by atoms with Gasteiger partial charge in [-0.3, -0.25) is 9.36 Å². The predicted molar refractivity (Wildman–Crippen MR) is 302 cm³/mol. The number of carbonyl (C=O) groups is 1. The first-order valence-corrected chi connectivity index (χ1v) is 32.2. The number of phosphoric acid groups is 1. The smallest absolute Gasteiger partial charge is 0.268 e. The van der Waals surface area contributed by atoms with Crippen molar-refractivity contribution in [3.63, 3.8) is 0 Å². The lowest BCUT2D eigenvalue weighted by molar-refractivity contribution is -0.870. The van der Waals surface area contributed by atoms with E-state index in [0.717, 1.165) is 38.5 Å². The number of rotatable bonds is 57. The Morgan fingerprint density at radius 2 is 0.786 bits per heavy atom. The molecule has 0 rings (SSSR count). The van der Waals surface area contributed by atoms with E-state index in [2.05, 4.69) is 31.3 Å². The van der Waals surface area contributed by atoms with Crippen molar-refractivity contribution < 1.29 is 32.9 Å². The molecule has 0 aromatic rings. The highest BCUT2D eigenvalue weighted by atomic mass is 31.2. The van der Waals surface area contributed by atoms with Crippen LogP contribution in [0, 0.1) is 0 Å². The molecule has 0 saturated carbocycles. The van der Waals surface area contributed by atoms with E-state index in [-0.39, 0.29) is 19.1 Å². The summed E-state index contributed by atoms with van der Waals surface area (Å²) in [4.78, 5) is 25.5. The number of allylic oxidation sites excluding steroid dienone is 3. The number of unbranched alkanes of at least 4 members (excludes halogenated alkanes) is 42. The highest BCUT2D eigenvalue weighted by molar-refractivity contribution is 7.45. The van der Waals surface area contributed by atoms with Crippen LogP contribution in [-0.4, -0.2) is 68.5 Å². The molecule has 0 aromatic carbocycles. The average Bonchev–Trinajstić information content (AvgIpc) is 3.32. The average molecular weight is 1010 g/mol. The fraction of sp³-hybridized carbons (Fsp3) is 0.918. The van der Waals surface area contributed by atoms with Crippen molar-refractivity contribution >= 4 is 13.7 Å². The minimum atomic E-state index is -4.60. The van der Waals surface area contributed by atoms with Crippen LogP contribution in [0.5, 0.6) is 0 Å². The van der Waals surface area contributed by atoms with E-state index in [1.165, 1.54) is 250 Å². The van der Waals surface area contributed by atoms with E-state index in [0.29, 0.717) is 17.4 Å². The molecule has 0 aromatic heterocycles. The largest absolute Gasteiger partial charge is 0.756 e. The molecule has 0 aliphatic carbocycles. The summed E-state index contributed by atoms with van der Waals surface area (Å²) in [7, 11) is 1.27. The molecule has 9 heteroatoms. The molecule has 0 heterocycles. The molecule has 0 spiro atoms. The normalized spacial score (nSPS) is 14.0. The van der Waals surface area contributed by atoms with Gasteiger partial charge in [-0.25, -0.2) is 0 Å². The monoisotopic (exact) mass is 1010 g/mol. The lowest BCUT2D eigenvalue weighted by Crippen LogP contribution is -2.45. The zero-order chi connectivity index (χ0) is 51.3. The third-order valence-electron chi connectivity index (χ3n) is 14.2. The van der Waals surface area contributed by atoms with Crippen molar-refractivity contribution in [1.29, 1.82) is 0 Å². The van der Waals surface area contributed by atoms with Crippen molar-refractivity contribution in [2.75, 3.05) is 40.9 Å². The van der Waals surface area contributed by atoms with Gasteiger partial charge in [-0.15, -0.1) is 0 Å². The van der Waals surface area contributed by atoms with Gasteiger partial charge in [0.1, 0.15) is 13.2 Å². The van der Waals surface area contributed by atoms with Gasteiger partial charge in [-0.2, -0.15) is 0 Å². The Bertz CT molecular complexity index is 1190. The van der Waals surface area contributed by atoms with Crippen LogP contribution in [0.2, 0.25) is 0 Å². The highest BCUT2D eigenvalue weighted by Gasteiger charge is 2.23. The number of aliphatic hydroxyl groups is 1. The fourth-order valence-electron chi connectivity index (χ4n) is 9.33. The molecule has 0 saturated heterocycles. The third-order valence-corrected chi connectivity index (χ3v) is 15.1. The van der Waals surface area contributed by atoms with Crippen molar-refractivity contribution in [3.05, 3.63) is 24.3 Å². The summed E-state index contributed by atoms with van der Waals surface area (Å²) in [6.07, 6.45) is 66.9. The van der Waals surface area contributed by atoms with Crippen LogP contribution >= 0.6 is 7.82 Å². The zero-order valence-electron chi connectivity index (χ0n) is 47.5. The van der Waals surface area contributed by atoms with Crippen LogP contribution in [0.25, 0.3) is 0 Å². The van der Waals surface area contributed by atoms with Gasteiger partial charge in [-0.05, 0) is 44.9 Å². The van der Waals surface area contributed by atoms with Crippen molar-refractivity contribution in [2.45, 2.75) is 321 Å². The topological polar surface area (TPSA) is 108 Å². The third kappa shape index (κ3) is 54.7. The van der Waals surface area contributed by atoms with Crippen LogP contribution in [0.1, 0.15) is 309 Å². The van der Waals surface area contributed by atoms with Crippen LogP contribution in [0.15, 0.2) is 24.3 Å². The Morgan fingerprint density at radius 1 is 0.486 bits per heavy atom. The Morgan fingerprint density at radius 3 is 1.11 bits per heavy atom. The highest BCUT2D eigenvalue weighted by Crippen LogP contribution is 2.38. The van der Waals surface area contributed by atoms with Gasteiger partial charge in [0.15, 0.2) is 0 Å². The molecule has 0 bridgehead atoms. The fourth-order valence-corrected chi connectivity index (χ4v) is 10.1. The Kier molecular flexibility index (Phi) is 52.1. The number of aliphatic hydroxyl groups excluding tert-OH is 1. The maximum Gasteiger partial charge on any atom is 0.268 e. The van der Waals surface area contributed by atoms with Gasteiger partial charge in [0, 0.05) is 6.42 Å². The second-order valence-corrected chi connectivity index (χ2v) is 23.8. The van der Waals surface area contributed by atoms with Crippen LogP contribution in [0.3, 0.4) is 0 Å². The Balaban J connectivity index is 4.15. The van der Waals surface area contributed by atoms with Crippen LogP contribution in [-0.2, 0) is 18.4 Å². The SMILES string of the molecule is CCCCCCCCCC/C=C\CCCCCCCCCCCC(=O)NC(COP(=O)([O-])OCC[N+](C)(C)C)C(O)/C=C/CCCCCCCCCCCCCCCCCCCCCCCCCCC. The molecular weight excluding hydrogens is 888 g/mol. The zero-order valence-corrected chi connectivity index (χ0v) is 48.4. The van der Waals surface area contributed by atoms with E-state index in [4.69, 9.17) is 9.05 Å². The van der Waals surface area contributed by atoms with Gasteiger partial charge in [-0.1, -0.05) is 282 Å². The number of hydrogen-bond acceptors (Lipinski definition) is 6. The standard InChI is InChI=1S/C61H121N2O6P/c1-6-8-10-12-14-16-18-20-22-24-26-28-29-30-31-32-33-35-36-38-40-42-44-46-48-50-52-54-60(64)59(58-69-70(66,67)68-57-56-63(3,4)5)62-61(65)55-53-51-49-47-45-43-41-39-37-34-27-25-23-21-19-17-15-13-11-9-7-2/h25,27,52,54,59-60,64H,6-24,26,28-51,53,55-58H2,1-5H3,(H-,62,65,66,67)/b27-25-,54-52+. The summed E-state index contributed by atoms with van der Waals surface area (Å²) in [5, 5.41) is 13.9. The first-order valence-electron chi connectivity index (χ1n) is 30.7. The van der Waals surface area contributed by atoms with E-state index < -0.39 is 20.0 Å². The molecule has 1 amide bonds. The maximum atomic E-state index is 13.0. The summed E-state index contributed by atoms with van der Waals surface area (Å²) >= 11 is 0. The number of hydrogen-bond donors (Lipinski definition) is 2. The molecule has 0 fully saturated rings. The van der Waals surface area contributed by atoms with E-state index >= 15 is 0 Å². The van der Waals surface area contributed by atoms with Crippen molar-refractivity contribution in [2.24, 2.45) is 0 Å². The van der Waals surface area contributed by atoms with E-state index in [1.54, 1.807) is 6.08 Å². The molecule has 3 unspecified atom stereocenters. The van der Waals surface area contributed by atoms with Crippen molar-refractivity contribution in [1.82, 2.24) is 5.32 Å². The van der Waals surface area contributed by atoms with Gasteiger partial charge in [0.25, 0.3) is 7.82 Å². The molecule has 416 valence electrons. The van der Waals surface area contributed by atoms with Gasteiger partial charge in [0.05, 0.1) is 39.9 Å². The van der Waals surface area contributed by atoms with Gasteiger partial charge in [0.2, 0.25) is 5.91 Å². The molecule has 8 nitrogen and oxygen atoms in total. The Hall–Kier alpha value is -1.02. The molecule has 3 atom stereocenters. The van der Waals surface area contributed by atoms with E-state index in [1.807, 2.05) is 27.2 Å². The molecule has 2 N–H and O–H groups in total. The summed E-state index contributed by atoms with van der Waals surface area (Å²) < 4.78 is 23.4. The van der Waals surface area contributed by atoms with Crippen LogP contribution < -0.4 is 10.2 Å². The Labute approximate surface area is 436 Å². The number of nitrogens with zero attached hydrogens (tertiary/aromatic N) is 1. The molecule has 0 aliphatic heterocycles. The molecule has 0 radical (unpaired) electrons. The number of carbonyl (C=O) groups excluding carboxylic acids is 1. The first kappa shape index (κ1) is 69.0. The minimum absolute atomic E-state index is 0.000440. The second-order valence-electron chi connectivity index (χ2n) is 22.4. The number of amides is 1. The second kappa shape index (κ2) is 52.8. The molecular formula is C61H121N2O6P. The summed E-state index contributed by atoms with van der Waals surface area (Å²) in [5.41, 5.74) is 0. The number of quaternary nitrogens is 1. The lowest BCUT2D eigenvalue weighted by Gasteiger charge is -2.29. The molecule has 0 aliphatic rings. The predicted octanol–water partition coefficient (Wildman–Crippen LogP) is 18.1. The van der Waals surface area contributed by atoms with Gasteiger partial charge < -0.3 is 28.8 Å². The number of nitrogens with one attached hydrogen (secondary N) is 1. The summed E-state index contributed by atoms with van der Waals surface area (Å²) in [6, 6.07) is -0.887. The van der Waals surface area contributed by atoms with E-state index in [9.17, 15) is 19.4 Å². The maximum absolute atomic E-state index is 13.0. The van der Waals surface area contributed by atoms with Gasteiger partial charge >= 0.3 is 0 Å². The summed E-state index contributed by atoms with van der Waals surface area (Å²) in [6.45, 7) is 4.69. The number of phosphoric ester groups is 1. The lowest BCUT2D eigenvalue weighted by atomic mass is 10.0. The number of likely N-dealkylation sites (N-methyl/N-ethyl adjacent to an activating group) is 1. The minimum Gasteiger partial charge on any atom is -0.756 e. The first-order chi connectivity index (χ1) is 34.0. The molecule has 70 heavy (non-hydrogen) atoms. The van der Waals surface area contributed by atoms with Crippen LogP contribution in [0.4, 0.5) is 0 Å². The quantitative estimate of drug-likeness (QED) is 0.0272.